The molecule has 0 aliphatic heterocycles. The fourth-order valence-electron chi connectivity index (χ4n) is 1.34. The zero-order chi connectivity index (χ0) is 12.5. The predicted octanol–water partition coefficient (Wildman–Crippen LogP) is 0.578. The highest BCUT2D eigenvalue weighted by molar-refractivity contribution is 5.20. The molecule has 1 unspecified atom stereocenters. The van der Waals surface area contributed by atoms with Gasteiger partial charge in [-0.05, 0) is 26.2 Å². The van der Waals surface area contributed by atoms with Crippen molar-refractivity contribution in [2.24, 2.45) is 0 Å². The number of benzene rings is 1. The molecule has 0 heterocycles. The van der Waals surface area contributed by atoms with Crippen LogP contribution in [0.15, 0.2) is 30.3 Å². The molecular weight excluding hydrogens is 216 g/mol. The highest BCUT2D eigenvalue weighted by atomic mass is 16.5. The number of hydrogen-bond donors (Lipinski definition) is 2. The monoisotopic (exact) mass is 238 g/mol. The van der Waals surface area contributed by atoms with Gasteiger partial charge in [0.05, 0.1) is 0 Å². The number of nitrogens with one attached hydrogen (secondary N) is 1. The second-order valence-electron chi connectivity index (χ2n) is 4.29. The molecule has 96 valence electrons. The Balaban J connectivity index is 2.07. The van der Waals surface area contributed by atoms with Crippen LogP contribution in [0.5, 0.6) is 5.75 Å². The van der Waals surface area contributed by atoms with Crippen LogP contribution in [0.2, 0.25) is 0 Å². The van der Waals surface area contributed by atoms with E-state index in [-0.39, 0.29) is 0 Å². The molecule has 0 amide bonds. The maximum absolute atomic E-state index is 9.67. The van der Waals surface area contributed by atoms with E-state index in [1.165, 1.54) is 0 Å². The summed E-state index contributed by atoms with van der Waals surface area (Å²) < 4.78 is 5.45. The van der Waals surface area contributed by atoms with Gasteiger partial charge in [-0.2, -0.15) is 0 Å². The predicted molar refractivity (Wildman–Crippen MR) is 69.4 cm³/mol. The molecule has 0 fully saturated rings. The number of rotatable bonds is 8. The first-order valence-corrected chi connectivity index (χ1v) is 5.90. The lowest BCUT2D eigenvalue weighted by molar-refractivity contribution is 0.106. The highest BCUT2D eigenvalue weighted by Crippen LogP contribution is 2.08. The van der Waals surface area contributed by atoms with Crippen LogP contribution in [-0.4, -0.2) is 56.4 Å². The molecule has 2 N–H and O–H groups in total. The standard InChI is InChI=1S/C13H22N2O2/c1-15(2)9-8-14-10-12(16)11-17-13-6-4-3-5-7-13/h3-7,12,14,16H,8-11H2,1-2H3. The SMILES string of the molecule is CN(C)CCNCC(O)COc1ccccc1. The molecule has 0 saturated carbocycles. The van der Waals surface area contributed by atoms with Crippen molar-refractivity contribution in [3.8, 4) is 5.75 Å². The number of likely N-dealkylation sites (N-methyl/N-ethyl adjacent to an activating group) is 1. The third-order valence-corrected chi connectivity index (χ3v) is 2.30. The summed E-state index contributed by atoms with van der Waals surface area (Å²) in [6, 6.07) is 9.53. The lowest BCUT2D eigenvalue weighted by Crippen LogP contribution is -2.35. The summed E-state index contributed by atoms with van der Waals surface area (Å²) in [5.41, 5.74) is 0. The zero-order valence-electron chi connectivity index (χ0n) is 10.6. The third kappa shape index (κ3) is 6.94. The lowest BCUT2D eigenvalue weighted by atomic mass is 10.3. The fraction of sp³-hybridized carbons (Fsp3) is 0.538. The van der Waals surface area contributed by atoms with Crippen molar-refractivity contribution >= 4 is 0 Å². The van der Waals surface area contributed by atoms with E-state index in [9.17, 15) is 5.11 Å². The van der Waals surface area contributed by atoms with Gasteiger partial charge in [0, 0.05) is 19.6 Å². The van der Waals surface area contributed by atoms with Gasteiger partial charge < -0.3 is 20.1 Å². The summed E-state index contributed by atoms with van der Waals surface area (Å²) >= 11 is 0. The molecule has 1 atom stereocenters. The van der Waals surface area contributed by atoms with Gasteiger partial charge in [0.15, 0.2) is 0 Å². The molecule has 0 aromatic heterocycles. The Labute approximate surface area is 103 Å². The van der Waals surface area contributed by atoms with Crippen LogP contribution in [0.25, 0.3) is 0 Å². The quantitative estimate of drug-likeness (QED) is 0.650. The average molecular weight is 238 g/mol. The molecule has 0 saturated heterocycles. The Bertz CT molecular complexity index is 291. The van der Waals surface area contributed by atoms with Crippen LogP contribution in [0, 0.1) is 0 Å². The van der Waals surface area contributed by atoms with E-state index < -0.39 is 6.10 Å². The summed E-state index contributed by atoms with van der Waals surface area (Å²) in [5, 5.41) is 12.9. The first-order valence-electron chi connectivity index (χ1n) is 5.90. The van der Waals surface area contributed by atoms with E-state index in [4.69, 9.17) is 4.74 Å². The summed E-state index contributed by atoms with van der Waals surface area (Å²) in [5.74, 6) is 0.792. The Morgan fingerprint density at radius 1 is 1.29 bits per heavy atom. The molecule has 4 nitrogen and oxygen atoms in total. The van der Waals surface area contributed by atoms with Gasteiger partial charge in [-0.3, -0.25) is 0 Å². The van der Waals surface area contributed by atoms with Gasteiger partial charge in [0.25, 0.3) is 0 Å². The van der Waals surface area contributed by atoms with E-state index in [0.29, 0.717) is 13.2 Å². The molecule has 0 aliphatic rings. The number of ether oxygens (including phenoxy) is 1. The van der Waals surface area contributed by atoms with Crippen LogP contribution in [-0.2, 0) is 0 Å². The van der Waals surface area contributed by atoms with E-state index in [1.54, 1.807) is 0 Å². The van der Waals surface area contributed by atoms with Crippen molar-refractivity contribution in [3.05, 3.63) is 30.3 Å². The average Bonchev–Trinajstić information content (AvgIpc) is 2.33. The van der Waals surface area contributed by atoms with Crippen LogP contribution in [0.3, 0.4) is 0 Å². The summed E-state index contributed by atoms with van der Waals surface area (Å²) in [7, 11) is 4.05. The van der Waals surface area contributed by atoms with Crippen molar-refractivity contribution in [1.29, 1.82) is 0 Å². The molecular formula is C13H22N2O2. The Morgan fingerprint density at radius 2 is 2.00 bits per heavy atom. The first-order chi connectivity index (χ1) is 8.18. The number of nitrogens with zero attached hydrogens (tertiary/aromatic N) is 1. The van der Waals surface area contributed by atoms with Gasteiger partial charge in [0.2, 0.25) is 0 Å². The summed E-state index contributed by atoms with van der Waals surface area (Å²) in [6.45, 7) is 2.71. The van der Waals surface area contributed by atoms with Crippen molar-refractivity contribution in [2.75, 3.05) is 40.3 Å². The lowest BCUT2D eigenvalue weighted by Gasteiger charge is -2.14. The second-order valence-corrected chi connectivity index (χ2v) is 4.29. The van der Waals surface area contributed by atoms with Crippen LogP contribution >= 0.6 is 0 Å². The van der Waals surface area contributed by atoms with E-state index >= 15 is 0 Å². The normalized spacial score (nSPS) is 12.7. The van der Waals surface area contributed by atoms with Gasteiger partial charge in [-0.15, -0.1) is 0 Å². The van der Waals surface area contributed by atoms with E-state index in [2.05, 4.69) is 10.2 Å². The Morgan fingerprint density at radius 3 is 2.65 bits per heavy atom. The molecule has 1 aromatic rings. The van der Waals surface area contributed by atoms with Crippen LogP contribution < -0.4 is 10.1 Å². The highest BCUT2D eigenvalue weighted by Gasteiger charge is 2.04. The van der Waals surface area contributed by atoms with Gasteiger partial charge in [-0.1, -0.05) is 18.2 Å². The number of aliphatic hydroxyl groups excluding tert-OH is 1. The molecule has 0 aliphatic carbocycles. The van der Waals surface area contributed by atoms with Crippen molar-refractivity contribution in [2.45, 2.75) is 6.10 Å². The minimum atomic E-state index is -0.475. The summed E-state index contributed by atoms with van der Waals surface area (Å²) in [4.78, 5) is 2.10. The minimum Gasteiger partial charge on any atom is -0.491 e. The van der Waals surface area contributed by atoms with Crippen molar-refractivity contribution in [1.82, 2.24) is 10.2 Å². The number of para-hydroxylation sites is 1. The van der Waals surface area contributed by atoms with E-state index in [1.807, 2.05) is 44.4 Å². The summed E-state index contributed by atoms with van der Waals surface area (Å²) in [6.07, 6.45) is -0.475. The maximum atomic E-state index is 9.67. The van der Waals surface area contributed by atoms with Crippen molar-refractivity contribution in [3.63, 3.8) is 0 Å². The molecule has 0 spiro atoms. The van der Waals surface area contributed by atoms with Crippen molar-refractivity contribution < 1.29 is 9.84 Å². The first kappa shape index (κ1) is 14.0. The molecule has 1 rings (SSSR count). The Kier molecular flexibility index (Phi) is 6.62. The number of aliphatic hydroxyl groups is 1. The van der Waals surface area contributed by atoms with Crippen LogP contribution in [0.4, 0.5) is 0 Å². The molecule has 0 bridgehead atoms. The van der Waals surface area contributed by atoms with Gasteiger partial charge in [-0.25, -0.2) is 0 Å². The van der Waals surface area contributed by atoms with Gasteiger partial charge >= 0.3 is 0 Å². The van der Waals surface area contributed by atoms with E-state index in [0.717, 1.165) is 18.8 Å². The van der Waals surface area contributed by atoms with Crippen LogP contribution in [0.1, 0.15) is 0 Å². The maximum Gasteiger partial charge on any atom is 0.119 e. The number of hydrogen-bond acceptors (Lipinski definition) is 4. The van der Waals surface area contributed by atoms with Gasteiger partial charge in [0.1, 0.15) is 18.5 Å². The smallest absolute Gasteiger partial charge is 0.119 e. The molecule has 0 radical (unpaired) electrons. The topological polar surface area (TPSA) is 44.7 Å². The Hall–Kier alpha value is -1.10. The fourth-order valence-corrected chi connectivity index (χ4v) is 1.34. The largest absolute Gasteiger partial charge is 0.491 e. The molecule has 4 heteroatoms. The third-order valence-electron chi connectivity index (χ3n) is 2.30. The molecule has 1 aromatic carbocycles. The zero-order valence-corrected chi connectivity index (χ0v) is 10.6. The second kappa shape index (κ2) is 8.06. The minimum absolute atomic E-state index is 0.318. The molecule has 17 heavy (non-hydrogen) atoms.